The minimum Gasteiger partial charge on any atom is -0.374 e. The lowest BCUT2D eigenvalue weighted by atomic mass is 10.2. The molecule has 3 nitrogen and oxygen atoms in total. The zero-order chi connectivity index (χ0) is 14.5. The first-order valence-corrected chi connectivity index (χ1v) is 6.92. The van der Waals surface area contributed by atoms with Crippen molar-refractivity contribution >= 4 is 33.2 Å². The third-order valence-electron chi connectivity index (χ3n) is 2.73. The Bertz CT molecular complexity index is 584. The summed E-state index contributed by atoms with van der Waals surface area (Å²) in [6.07, 6.45) is 0. The maximum atomic E-state index is 12.8. The quantitative estimate of drug-likeness (QED) is 0.885. The molecule has 5 heteroatoms. The Hall–Kier alpha value is -1.88. The average Bonchev–Trinajstić information content (AvgIpc) is 2.44. The SMILES string of the molecule is C[C@@H](Nc1ccc(F)cc1)C(=O)Nc1ccc(Br)cc1. The van der Waals surface area contributed by atoms with Gasteiger partial charge in [0.05, 0.1) is 0 Å². The molecule has 2 N–H and O–H groups in total. The van der Waals surface area contributed by atoms with E-state index in [-0.39, 0.29) is 11.7 Å². The number of hydrogen-bond acceptors (Lipinski definition) is 2. The van der Waals surface area contributed by atoms with Gasteiger partial charge < -0.3 is 10.6 Å². The topological polar surface area (TPSA) is 41.1 Å². The molecule has 0 aliphatic carbocycles. The van der Waals surface area contributed by atoms with Crippen LogP contribution in [0, 0.1) is 5.82 Å². The molecule has 0 saturated carbocycles. The zero-order valence-corrected chi connectivity index (χ0v) is 12.4. The van der Waals surface area contributed by atoms with Crippen LogP contribution < -0.4 is 10.6 Å². The van der Waals surface area contributed by atoms with Gasteiger partial charge >= 0.3 is 0 Å². The summed E-state index contributed by atoms with van der Waals surface area (Å²) in [4.78, 5) is 12.0. The second-order valence-electron chi connectivity index (χ2n) is 4.37. The Morgan fingerprint density at radius 1 is 1.05 bits per heavy atom. The maximum absolute atomic E-state index is 12.8. The van der Waals surface area contributed by atoms with Crippen molar-refractivity contribution in [1.29, 1.82) is 0 Å². The molecule has 20 heavy (non-hydrogen) atoms. The summed E-state index contributed by atoms with van der Waals surface area (Å²) in [5.74, 6) is -0.459. The number of carbonyl (C=O) groups excluding carboxylic acids is 1. The Kier molecular flexibility index (Phi) is 4.74. The number of halogens is 2. The molecule has 2 rings (SSSR count). The van der Waals surface area contributed by atoms with Crippen molar-refractivity contribution in [2.24, 2.45) is 0 Å². The highest BCUT2D eigenvalue weighted by molar-refractivity contribution is 9.10. The van der Waals surface area contributed by atoms with Gasteiger partial charge in [-0.25, -0.2) is 4.39 Å². The minimum absolute atomic E-state index is 0.156. The predicted molar refractivity (Wildman–Crippen MR) is 82.3 cm³/mol. The smallest absolute Gasteiger partial charge is 0.246 e. The van der Waals surface area contributed by atoms with E-state index < -0.39 is 6.04 Å². The van der Waals surface area contributed by atoms with E-state index in [9.17, 15) is 9.18 Å². The van der Waals surface area contributed by atoms with E-state index in [1.165, 1.54) is 12.1 Å². The molecule has 0 fully saturated rings. The first-order valence-electron chi connectivity index (χ1n) is 6.13. The Balaban J connectivity index is 1.94. The van der Waals surface area contributed by atoms with Gasteiger partial charge in [0.2, 0.25) is 5.91 Å². The molecule has 0 aliphatic rings. The maximum Gasteiger partial charge on any atom is 0.246 e. The molecule has 1 atom stereocenters. The third-order valence-corrected chi connectivity index (χ3v) is 3.26. The monoisotopic (exact) mass is 336 g/mol. The predicted octanol–water partition coefficient (Wildman–Crippen LogP) is 4.03. The fourth-order valence-corrected chi connectivity index (χ4v) is 1.91. The molecule has 0 aromatic heterocycles. The number of nitrogens with one attached hydrogen (secondary N) is 2. The minimum atomic E-state index is -0.427. The number of anilines is 2. The molecule has 0 aliphatic heterocycles. The van der Waals surface area contributed by atoms with Gasteiger partial charge in [-0.3, -0.25) is 4.79 Å². The van der Waals surface area contributed by atoms with Crippen molar-refractivity contribution < 1.29 is 9.18 Å². The molecule has 0 radical (unpaired) electrons. The highest BCUT2D eigenvalue weighted by atomic mass is 79.9. The van der Waals surface area contributed by atoms with Crippen molar-refractivity contribution in [2.75, 3.05) is 10.6 Å². The van der Waals surface area contributed by atoms with Crippen molar-refractivity contribution in [3.8, 4) is 0 Å². The van der Waals surface area contributed by atoms with Gasteiger partial charge in [0, 0.05) is 15.8 Å². The number of carbonyl (C=O) groups is 1. The molecule has 0 saturated heterocycles. The first kappa shape index (κ1) is 14.5. The van der Waals surface area contributed by atoms with Gasteiger partial charge in [0.15, 0.2) is 0 Å². The van der Waals surface area contributed by atoms with Gasteiger partial charge in [-0.05, 0) is 55.5 Å². The van der Waals surface area contributed by atoms with Crippen LogP contribution in [0.15, 0.2) is 53.0 Å². The van der Waals surface area contributed by atoms with E-state index in [4.69, 9.17) is 0 Å². The van der Waals surface area contributed by atoms with Crippen LogP contribution in [0.2, 0.25) is 0 Å². The summed E-state index contributed by atoms with van der Waals surface area (Å²) >= 11 is 3.33. The largest absolute Gasteiger partial charge is 0.374 e. The molecular weight excluding hydrogens is 323 g/mol. The van der Waals surface area contributed by atoms with Crippen LogP contribution in [0.1, 0.15) is 6.92 Å². The number of amides is 1. The van der Waals surface area contributed by atoms with Crippen LogP contribution >= 0.6 is 15.9 Å². The van der Waals surface area contributed by atoms with E-state index >= 15 is 0 Å². The lowest BCUT2D eigenvalue weighted by Gasteiger charge is -2.15. The van der Waals surface area contributed by atoms with E-state index in [0.29, 0.717) is 5.69 Å². The van der Waals surface area contributed by atoms with Gasteiger partial charge in [0.25, 0.3) is 0 Å². The zero-order valence-electron chi connectivity index (χ0n) is 10.9. The lowest BCUT2D eigenvalue weighted by Crippen LogP contribution is -2.31. The molecule has 0 unspecified atom stereocenters. The molecule has 2 aromatic rings. The summed E-state index contributed by atoms with van der Waals surface area (Å²) in [5, 5.41) is 5.82. The van der Waals surface area contributed by atoms with Gasteiger partial charge in [-0.2, -0.15) is 0 Å². The second kappa shape index (κ2) is 6.52. The van der Waals surface area contributed by atoms with Crippen molar-refractivity contribution in [2.45, 2.75) is 13.0 Å². The summed E-state index contributed by atoms with van der Waals surface area (Å²) in [6.45, 7) is 1.75. The van der Waals surface area contributed by atoms with Gasteiger partial charge in [0.1, 0.15) is 11.9 Å². The second-order valence-corrected chi connectivity index (χ2v) is 5.28. The van der Waals surface area contributed by atoms with Crippen molar-refractivity contribution in [3.05, 3.63) is 58.8 Å². The van der Waals surface area contributed by atoms with Gasteiger partial charge in [-0.1, -0.05) is 15.9 Å². The van der Waals surface area contributed by atoms with Crippen LogP contribution in [0.25, 0.3) is 0 Å². The highest BCUT2D eigenvalue weighted by Gasteiger charge is 2.12. The Morgan fingerprint density at radius 3 is 2.20 bits per heavy atom. The van der Waals surface area contributed by atoms with Crippen molar-refractivity contribution in [3.63, 3.8) is 0 Å². The Morgan fingerprint density at radius 2 is 1.60 bits per heavy atom. The molecular formula is C15H14BrFN2O. The Labute approximate surface area is 125 Å². The summed E-state index contributed by atoms with van der Waals surface area (Å²) in [5.41, 5.74) is 1.43. The first-order chi connectivity index (χ1) is 9.54. The third kappa shape index (κ3) is 4.06. The standard InChI is InChI=1S/C15H14BrFN2O/c1-10(18-13-8-4-12(17)5-9-13)15(20)19-14-6-2-11(16)3-7-14/h2-10,18H,1H3,(H,19,20)/t10-/m1/s1. The van der Waals surface area contributed by atoms with Crippen LogP contribution in [-0.4, -0.2) is 11.9 Å². The number of rotatable bonds is 4. The molecule has 0 heterocycles. The molecule has 0 spiro atoms. The van der Waals surface area contributed by atoms with E-state index in [1.54, 1.807) is 19.1 Å². The fraction of sp³-hybridized carbons (Fsp3) is 0.133. The highest BCUT2D eigenvalue weighted by Crippen LogP contribution is 2.15. The molecule has 104 valence electrons. The molecule has 1 amide bonds. The van der Waals surface area contributed by atoms with E-state index in [2.05, 4.69) is 26.6 Å². The molecule has 2 aromatic carbocycles. The summed E-state index contributed by atoms with van der Waals surface area (Å²) in [6, 6.07) is 12.8. The van der Waals surface area contributed by atoms with E-state index in [0.717, 1.165) is 10.2 Å². The van der Waals surface area contributed by atoms with Crippen LogP contribution in [0.4, 0.5) is 15.8 Å². The summed E-state index contributed by atoms with van der Waals surface area (Å²) in [7, 11) is 0. The number of benzene rings is 2. The fourth-order valence-electron chi connectivity index (χ4n) is 1.65. The van der Waals surface area contributed by atoms with Crippen molar-refractivity contribution in [1.82, 2.24) is 0 Å². The number of hydrogen-bond donors (Lipinski definition) is 2. The van der Waals surface area contributed by atoms with Crippen LogP contribution in [0.5, 0.6) is 0 Å². The normalized spacial score (nSPS) is 11.8. The summed E-state index contributed by atoms with van der Waals surface area (Å²) < 4.78 is 13.7. The average molecular weight is 337 g/mol. The molecule has 0 bridgehead atoms. The van der Waals surface area contributed by atoms with Crippen LogP contribution in [0.3, 0.4) is 0 Å². The van der Waals surface area contributed by atoms with Gasteiger partial charge in [-0.15, -0.1) is 0 Å². The lowest BCUT2D eigenvalue weighted by molar-refractivity contribution is -0.116. The van der Waals surface area contributed by atoms with E-state index in [1.807, 2.05) is 24.3 Å². The van der Waals surface area contributed by atoms with Crippen LogP contribution in [-0.2, 0) is 4.79 Å².